The summed E-state index contributed by atoms with van der Waals surface area (Å²) in [7, 11) is 4.47. The number of benzene rings is 2. The van der Waals surface area contributed by atoms with E-state index in [-0.39, 0.29) is 36.3 Å². The number of carbonyl (C=O) groups is 1. The molecule has 31 heavy (non-hydrogen) atoms. The number of methoxy groups -OCH3 is 3. The predicted octanol–water partition coefficient (Wildman–Crippen LogP) is 3.51. The van der Waals surface area contributed by atoms with Crippen molar-refractivity contribution >= 4 is 17.6 Å². The first-order chi connectivity index (χ1) is 14.8. The van der Waals surface area contributed by atoms with Crippen LogP contribution in [-0.4, -0.2) is 57.2 Å². The summed E-state index contributed by atoms with van der Waals surface area (Å²) in [4.78, 5) is 12.5. The average molecular weight is 457 g/mol. The number of phenols is 2. The molecule has 0 aliphatic heterocycles. The van der Waals surface area contributed by atoms with Crippen LogP contribution < -0.4 is 14.2 Å². The molecule has 1 unspecified atom stereocenters. The summed E-state index contributed by atoms with van der Waals surface area (Å²) < 4.78 is 32.0. The van der Waals surface area contributed by atoms with E-state index >= 15 is 0 Å². The molecule has 0 fully saturated rings. The molecule has 0 amide bonds. The summed E-state index contributed by atoms with van der Waals surface area (Å²) in [5.41, 5.74) is 0.413. The number of hydrogen-bond donors (Lipinski definition) is 2. The minimum atomic E-state index is -0.808. The first kappa shape index (κ1) is 24.4. The molecule has 170 valence electrons. The smallest absolute Gasteiger partial charge is 0.342 e. The lowest BCUT2D eigenvalue weighted by Gasteiger charge is -2.20. The van der Waals surface area contributed by atoms with Crippen LogP contribution in [0, 0.1) is 0 Å². The van der Waals surface area contributed by atoms with Crippen LogP contribution in [0.3, 0.4) is 0 Å². The van der Waals surface area contributed by atoms with Gasteiger partial charge in [-0.15, -0.1) is 0 Å². The van der Waals surface area contributed by atoms with Crippen molar-refractivity contribution in [3.63, 3.8) is 0 Å². The number of esters is 1. The highest BCUT2D eigenvalue weighted by Gasteiger charge is 2.23. The average Bonchev–Trinajstić information content (AvgIpc) is 2.73. The Hall–Kier alpha value is -2.88. The Morgan fingerprint density at radius 1 is 1.00 bits per heavy atom. The summed E-state index contributed by atoms with van der Waals surface area (Å²) in [6.45, 7) is 1.68. The lowest BCUT2D eigenvalue weighted by Crippen LogP contribution is -2.19. The molecule has 0 aromatic heterocycles. The number of carbonyl (C=O) groups excluding carboxylic acids is 1. The summed E-state index contributed by atoms with van der Waals surface area (Å²) in [5, 5.41) is 19.4. The van der Waals surface area contributed by atoms with Crippen LogP contribution in [0.25, 0.3) is 0 Å². The quantitative estimate of drug-likeness (QED) is 0.387. The SMILES string of the molecule is COCOc1ccc(OCOC)c(OC)c1CC(C)OC(=O)c1cc(Cl)c(O)cc1O. The Balaban J connectivity index is 2.27. The molecule has 2 aromatic rings. The van der Waals surface area contributed by atoms with Gasteiger partial charge in [0.1, 0.15) is 28.9 Å². The third-order valence-electron chi connectivity index (χ3n) is 4.13. The normalized spacial score (nSPS) is 11.6. The topological polar surface area (TPSA) is 113 Å². The molecule has 10 heteroatoms. The summed E-state index contributed by atoms with van der Waals surface area (Å²) >= 11 is 5.83. The van der Waals surface area contributed by atoms with Crippen LogP contribution in [0.1, 0.15) is 22.8 Å². The second kappa shape index (κ2) is 11.5. The third kappa shape index (κ3) is 6.30. The van der Waals surface area contributed by atoms with Gasteiger partial charge < -0.3 is 38.6 Å². The van der Waals surface area contributed by atoms with E-state index in [1.165, 1.54) is 21.3 Å². The highest BCUT2D eigenvalue weighted by atomic mass is 35.5. The molecule has 0 bridgehead atoms. The lowest BCUT2D eigenvalue weighted by molar-refractivity contribution is 0.0322. The summed E-state index contributed by atoms with van der Waals surface area (Å²) in [6, 6.07) is 5.45. The largest absolute Gasteiger partial charge is 0.507 e. The lowest BCUT2D eigenvalue weighted by atomic mass is 10.1. The monoisotopic (exact) mass is 456 g/mol. The van der Waals surface area contributed by atoms with Crippen molar-refractivity contribution in [3.8, 4) is 28.7 Å². The summed E-state index contributed by atoms with van der Waals surface area (Å²) in [6.07, 6.45) is -0.457. The molecule has 0 spiro atoms. The number of rotatable bonds is 11. The van der Waals surface area contributed by atoms with Crippen LogP contribution in [0.5, 0.6) is 28.7 Å². The number of hydrogen-bond acceptors (Lipinski definition) is 9. The van der Waals surface area contributed by atoms with Crippen LogP contribution in [0.4, 0.5) is 0 Å². The van der Waals surface area contributed by atoms with E-state index < -0.39 is 17.8 Å². The molecule has 0 radical (unpaired) electrons. The van der Waals surface area contributed by atoms with Gasteiger partial charge in [0.2, 0.25) is 0 Å². The number of aromatic hydroxyl groups is 2. The van der Waals surface area contributed by atoms with E-state index in [1.54, 1.807) is 19.1 Å². The van der Waals surface area contributed by atoms with E-state index in [0.717, 1.165) is 12.1 Å². The molecular formula is C21H25ClO9. The number of ether oxygens (including phenoxy) is 6. The molecule has 0 aliphatic carbocycles. The Labute approximate surface area is 185 Å². The maximum Gasteiger partial charge on any atom is 0.342 e. The van der Waals surface area contributed by atoms with Crippen molar-refractivity contribution in [2.45, 2.75) is 19.4 Å². The van der Waals surface area contributed by atoms with Crippen LogP contribution in [-0.2, 0) is 20.6 Å². The van der Waals surface area contributed by atoms with Gasteiger partial charge in [0.05, 0.1) is 12.1 Å². The molecule has 2 rings (SSSR count). The van der Waals surface area contributed by atoms with Gasteiger partial charge in [-0.3, -0.25) is 0 Å². The van der Waals surface area contributed by atoms with E-state index in [2.05, 4.69) is 0 Å². The fourth-order valence-electron chi connectivity index (χ4n) is 2.79. The summed E-state index contributed by atoms with van der Waals surface area (Å²) in [5.74, 6) is -0.328. The van der Waals surface area contributed by atoms with E-state index in [0.29, 0.717) is 22.8 Å². The van der Waals surface area contributed by atoms with Gasteiger partial charge in [-0.2, -0.15) is 0 Å². The molecule has 2 N–H and O–H groups in total. The number of phenolic OH excluding ortho intramolecular Hbond substituents is 2. The fourth-order valence-corrected chi connectivity index (χ4v) is 2.95. The van der Waals surface area contributed by atoms with E-state index in [4.69, 9.17) is 40.0 Å². The Morgan fingerprint density at radius 3 is 2.23 bits per heavy atom. The van der Waals surface area contributed by atoms with Gasteiger partial charge in [0.15, 0.2) is 25.1 Å². The van der Waals surface area contributed by atoms with Gasteiger partial charge in [-0.25, -0.2) is 4.79 Å². The molecule has 0 aliphatic rings. The van der Waals surface area contributed by atoms with Crippen LogP contribution >= 0.6 is 11.6 Å². The number of halogens is 1. The molecule has 2 aromatic carbocycles. The van der Waals surface area contributed by atoms with Crippen molar-refractivity contribution in [2.24, 2.45) is 0 Å². The van der Waals surface area contributed by atoms with Gasteiger partial charge in [0.25, 0.3) is 0 Å². The van der Waals surface area contributed by atoms with Gasteiger partial charge in [-0.05, 0) is 25.1 Å². The third-order valence-corrected chi connectivity index (χ3v) is 4.44. The maximum atomic E-state index is 12.5. The van der Waals surface area contributed by atoms with Gasteiger partial charge >= 0.3 is 5.97 Å². The van der Waals surface area contributed by atoms with Gasteiger partial charge in [0, 0.05) is 32.3 Å². The van der Waals surface area contributed by atoms with Crippen molar-refractivity contribution in [1.82, 2.24) is 0 Å². The molecule has 0 saturated carbocycles. The van der Waals surface area contributed by atoms with E-state index in [1.807, 2.05) is 0 Å². The van der Waals surface area contributed by atoms with Gasteiger partial charge in [-0.1, -0.05) is 11.6 Å². The van der Waals surface area contributed by atoms with Crippen molar-refractivity contribution in [3.05, 3.63) is 40.4 Å². The Morgan fingerprint density at radius 2 is 1.61 bits per heavy atom. The molecule has 9 nitrogen and oxygen atoms in total. The minimum absolute atomic E-state index is 0.00246. The minimum Gasteiger partial charge on any atom is -0.507 e. The molecule has 0 saturated heterocycles. The Kier molecular flexibility index (Phi) is 9.04. The molecule has 0 heterocycles. The first-order valence-electron chi connectivity index (χ1n) is 9.18. The van der Waals surface area contributed by atoms with Crippen molar-refractivity contribution in [2.75, 3.05) is 34.9 Å². The fraction of sp³-hybridized carbons (Fsp3) is 0.381. The standard InChI is InChI=1S/C21H25ClO9/c1-12(31-21(25)13-8-15(22)17(24)9-16(13)23)7-14-18(29-10-26-2)5-6-19(20(14)28-4)30-11-27-3/h5-6,8-9,12,23-24H,7,10-11H2,1-4H3. The molecule has 1 atom stereocenters. The predicted molar refractivity (Wildman–Crippen MR) is 111 cm³/mol. The van der Waals surface area contributed by atoms with Crippen molar-refractivity contribution < 1.29 is 43.4 Å². The second-order valence-electron chi connectivity index (χ2n) is 6.42. The van der Waals surface area contributed by atoms with E-state index in [9.17, 15) is 15.0 Å². The van der Waals surface area contributed by atoms with Crippen LogP contribution in [0.2, 0.25) is 5.02 Å². The maximum absolute atomic E-state index is 12.5. The highest BCUT2D eigenvalue weighted by molar-refractivity contribution is 6.32. The first-order valence-corrected chi connectivity index (χ1v) is 9.55. The van der Waals surface area contributed by atoms with Crippen molar-refractivity contribution in [1.29, 1.82) is 0 Å². The highest BCUT2D eigenvalue weighted by Crippen LogP contribution is 2.39. The zero-order valence-corrected chi connectivity index (χ0v) is 18.4. The Bertz CT molecular complexity index is 901. The second-order valence-corrected chi connectivity index (χ2v) is 6.82. The molecular weight excluding hydrogens is 432 g/mol. The zero-order chi connectivity index (χ0) is 23.0. The zero-order valence-electron chi connectivity index (χ0n) is 17.6. The van der Waals surface area contributed by atoms with Crippen LogP contribution in [0.15, 0.2) is 24.3 Å².